The molecule has 82 valence electrons. The fourth-order valence-corrected chi connectivity index (χ4v) is 2.48. The Morgan fingerprint density at radius 3 is 3.07 bits per heavy atom. The fraction of sp³-hybridized carbons (Fsp3) is 0.600. The Bertz CT molecular complexity index is 359. The molecule has 15 heavy (non-hydrogen) atoms. The summed E-state index contributed by atoms with van der Waals surface area (Å²) in [5.74, 6) is 0. The van der Waals surface area contributed by atoms with E-state index < -0.39 is 0 Å². The minimum atomic E-state index is 0.413. The van der Waals surface area contributed by atoms with Crippen LogP contribution in [0.3, 0.4) is 0 Å². The van der Waals surface area contributed by atoms with Crippen molar-refractivity contribution in [3.8, 4) is 0 Å². The van der Waals surface area contributed by atoms with E-state index in [4.69, 9.17) is 11.6 Å². The van der Waals surface area contributed by atoms with Crippen LogP contribution in [-0.2, 0) is 0 Å². The van der Waals surface area contributed by atoms with Gasteiger partial charge in [-0.25, -0.2) is 0 Å². The third-order valence-electron chi connectivity index (χ3n) is 2.84. The first-order chi connectivity index (χ1) is 7.22. The zero-order valence-corrected chi connectivity index (χ0v) is 10.9. The fourth-order valence-electron chi connectivity index (χ4n) is 2.07. The van der Waals surface area contributed by atoms with E-state index >= 15 is 0 Å². The highest BCUT2D eigenvalue weighted by Crippen LogP contribution is 2.32. The summed E-state index contributed by atoms with van der Waals surface area (Å²) < 4.78 is 0.831. The molecule has 0 radical (unpaired) electrons. The van der Waals surface area contributed by atoms with Gasteiger partial charge in [0.2, 0.25) is 0 Å². The molecular formula is C10H13BrClN3. The topological polar surface area (TPSA) is 29.0 Å². The van der Waals surface area contributed by atoms with Gasteiger partial charge in [-0.1, -0.05) is 18.5 Å². The van der Waals surface area contributed by atoms with Crippen molar-refractivity contribution < 1.29 is 0 Å². The first-order valence-corrected chi connectivity index (χ1v) is 6.32. The Morgan fingerprint density at radius 1 is 1.60 bits per heavy atom. The zero-order chi connectivity index (χ0) is 10.8. The summed E-state index contributed by atoms with van der Waals surface area (Å²) in [6.45, 7) is 4.40. The Morgan fingerprint density at radius 2 is 2.40 bits per heavy atom. The molecule has 5 heteroatoms. The third-order valence-corrected chi connectivity index (χ3v) is 3.95. The average molecular weight is 291 g/mol. The Hall–Kier alpha value is -0.190. The molecule has 0 aromatic carbocycles. The van der Waals surface area contributed by atoms with Crippen molar-refractivity contribution in [2.45, 2.75) is 25.8 Å². The van der Waals surface area contributed by atoms with E-state index in [-0.39, 0.29) is 0 Å². The number of nitrogens with zero attached hydrogens (tertiary/aromatic N) is 3. The molecular weight excluding hydrogens is 277 g/mol. The lowest BCUT2D eigenvalue weighted by Crippen LogP contribution is -2.23. The van der Waals surface area contributed by atoms with Gasteiger partial charge in [-0.3, -0.25) is 4.90 Å². The summed E-state index contributed by atoms with van der Waals surface area (Å²) in [5.41, 5.74) is 1.02. The van der Waals surface area contributed by atoms with E-state index in [1.54, 1.807) is 0 Å². The average Bonchev–Trinajstić information content (AvgIpc) is 2.70. The molecule has 1 aliphatic rings. The molecule has 0 amide bonds. The number of aromatic nitrogens is 2. The normalized spacial score (nSPS) is 22.2. The van der Waals surface area contributed by atoms with Crippen molar-refractivity contribution in [2.75, 3.05) is 13.1 Å². The Labute approximate surface area is 103 Å². The van der Waals surface area contributed by atoms with E-state index in [2.05, 4.69) is 38.0 Å². The van der Waals surface area contributed by atoms with Crippen molar-refractivity contribution in [3.63, 3.8) is 0 Å². The molecule has 0 N–H and O–H groups in total. The van der Waals surface area contributed by atoms with Crippen LogP contribution >= 0.6 is 27.5 Å². The molecule has 1 aliphatic heterocycles. The van der Waals surface area contributed by atoms with Crippen molar-refractivity contribution in [3.05, 3.63) is 21.4 Å². The zero-order valence-electron chi connectivity index (χ0n) is 8.58. The van der Waals surface area contributed by atoms with Crippen molar-refractivity contribution in [1.82, 2.24) is 15.1 Å². The summed E-state index contributed by atoms with van der Waals surface area (Å²) in [5, 5.41) is 8.53. The summed E-state index contributed by atoms with van der Waals surface area (Å²) in [6, 6.07) is 2.39. The largest absolute Gasteiger partial charge is 0.295 e. The van der Waals surface area contributed by atoms with Crippen LogP contribution in [0.4, 0.5) is 0 Å². The maximum absolute atomic E-state index is 5.82. The van der Waals surface area contributed by atoms with Crippen LogP contribution < -0.4 is 0 Å². The van der Waals surface area contributed by atoms with Crippen LogP contribution in [0.25, 0.3) is 0 Å². The lowest BCUT2D eigenvalue weighted by molar-refractivity contribution is 0.265. The molecule has 2 heterocycles. The number of hydrogen-bond acceptors (Lipinski definition) is 3. The molecule has 2 rings (SSSR count). The van der Waals surface area contributed by atoms with E-state index in [1.165, 1.54) is 6.42 Å². The molecule has 0 bridgehead atoms. The second kappa shape index (κ2) is 4.76. The van der Waals surface area contributed by atoms with E-state index in [0.717, 1.165) is 29.7 Å². The predicted octanol–water partition coefficient (Wildman–Crippen LogP) is 3.05. The number of halogens is 2. The smallest absolute Gasteiger partial charge is 0.165 e. The highest BCUT2D eigenvalue weighted by atomic mass is 79.9. The molecule has 1 fully saturated rings. The third kappa shape index (κ3) is 2.32. The Balaban J connectivity index is 2.25. The molecule has 3 nitrogen and oxygen atoms in total. The summed E-state index contributed by atoms with van der Waals surface area (Å²) >= 11 is 9.21. The molecule has 1 saturated heterocycles. The first kappa shape index (κ1) is 11.3. The second-order valence-corrected chi connectivity index (χ2v) is 4.91. The minimum Gasteiger partial charge on any atom is -0.295 e. The van der Waals surface area contributed by atoms with Gasteiger partial charge in [0.05, 0.1) is 16.2 Å². The predicted molar refractivity (Wildman–Crippen MR) is 64.0 cm³/mol. The van der Waals surface area contributed by atoms with Gasteiger partial charge in [-0.2, -0.15) is 5.10 Å². The first-order valence-electron chi connectivity index (χ1n) is 5.15. The van der Waals surface area contributed by atoms with Gasteiger partial charge in [-0.05, 0) is 47.9 Å². The lowest BCUT2D eigenvalue weighted by Gasteiger charge is -2.21. The van der Waals surface area contributed by atoms with Gasteiger partial charge < -0.3 is 0 Å². The van der Waals surface area contributed by atoms with Crippen LogP contribution in [0.2, 0.25) is 5.15 Å². The molecule has 1 unspecified atom stereocenters. The maximum Gasteiger partial charge on any atom is 0.165 e. The number of hydrogen-bond donors (Lipinski definition) is 0. The van der Waals surface area contributed by atoms with Crippen molar-refractivity contribution in [2.24, 2.45) is 0 Å². The van der Waals surface area contributed by atoms with Gasteiger partial charge in [0, 0.05) is 0 Å². The standard InChI is InChI=1S/C10H13BrClN3/c1-2-15-5-3-4-9(15)8-6-7(11)10(12)14-13-8/h6,9H,2-5H2,1H3. The van der Waals surface area contributed by atoms with Gasteiger partial charge in [0.25, 0.3) is 0 Å². The number of likely N-dealkylation sites (tertiary alicyclic amines) is 1. The highest BCUT2D eigenvalue weighted by molar-refractivity contribution is 9.10. The summed E-state index contributed by atoms with van der Waals surface area (Å²) in [7, 11) is 0. The molecule has 1 aromatic rings. The van der Waals surface area contributed by atoms with Gasteiger partial charge >= 0.3 is 0 Å². The SMILES string of the molecule is CCN1CCCC1c1cc(Br)c(Cl)nn1. The molecule has 1 aromatic heterocycles. The van der Waals surface area contributed by atoms with Crippen molar-refractivity contribution >= 4 is 27.5 Å². The molecule has 1 atom stereocenters. The lowest BCUT2D eigenvalue weighted by atomic mass is 10.1. The van der Waals surface area contributed by atoms with Crippen LogP contribution in [0.5, 0.6) is 0 Å². The van der Waals surface area contributed by atoms with E-state index in [1.807, 2.05) is 6.07 Å². The summed E-state index contributed by atoms with van der Waals surface area (Å²) in [4.78, 5) is 2.42. The van der Waals surface area contributed by atoms with E-state index in [0.29, 0.717) is 11.2 Å². The van der Waals surface area contributed by atoms with Gasteiger partial charge in [-0.15, -0.1) is 5.10 Å². The van der Waals surface area contributed by atoms with Crippen LogP contribution in [0, 0.1) is 0 Å². The minimum absolute atomic E-state index is 0.413. The molecule has 0 saturated carbocycles. The van der Waals surface area contributed by atoms with Crippen LogP contribution in [-0.4, -0.2) is 28.2 Å². The Kier molecular flexibility index (Phi) is 3.59. The number of rotatable bonds is 2. The monoisotopic (exact) mass is 289 g/mol. The molecule has 0 aliphatic carbocycles. The van der Waals surface area contributed by atoms with Crippen LogP contribution in [0.15, 0.2) is 10.5 Å². The quantitative estimate of drug-likeness (QED) is 0.838. The van der Waals surface area contributed by atoms with Crippen LogP contribution in [0.1, 0.15) is 31.5 Å². The maximum atomic E-state index is 5.82. The van der Waals surface area contributed by atoms with E-state index in [9.17, 15) is 0 Å². The molecule has 0 spiro atoms. The highest BCUT2D eigenvalue weighted by Gasteiger charge is 2.26. The van der Waals surface area contributed by atoms with Gasteiger partial charge in [0.1, 0.15) is 0 Å². The van der Waals surface area contributed by atoms with Gasteiger partial charge in [0.15, 0.2) is 5.15 Å². The summed E-state index contributed by atoms with van der Waals surface area (Å²) in [6.07, 6.45) is 2.40. The van der Waals surface area contributed by atoms with Crippen molar-refractivity contribution in [1.29, 1.82) is 0 Å². The second-order valence-electron chi connectivity index (χ2n) is 3.69.